The first kappa shape index (κ1) is 22.1. The van der Waals surface area contributed by atoms with Gasteiger partial charge in [-0.1, -0.05) is 26.0 Å². The van der Waals surface area contributed by atoms with Crippen LogP contribution in [0.5, 0.6) is 0 Å². The number of anilines is 1. The molecular weight excluding hydrogens is 402 g/mol. The third-order valence-electron chi connectivity index (χ3n) is 6.24. The van der Waals surface area contributed by atoms with E-state index in [-0.39, 0.29) is 18.2 Å². The first-order valence-electron chi connectivity index (χ1n) is 11.2. The van der Waals surface area contributed by atoms with Crippen molar-refractivity contribution in [3.05, 3.63) is 64.9 Å². The van der Waals surface area contributed by atoms with E-state index in [1.54, 1.807) is 18.4 Å². The molecule has 4 rings (SSSR count). The molecule has 32 heavy (non-hydrogen) atoms. The number of aryl methyl sites for hydroxylation is 1. The van der Waals surface area contributed by atoms with Gasteiger partial charge in [-0.15, -0.1) is 0 Å². The lowest BCUT2D eigenvalue weighted by Gasteiger charge is -2.32. The molecule has 6 nitrogen and oxygen atoms in total. The van der Waals surface area contributed by atoms with Gasteiger partial charge in [-0.3, -0.25) is 9.59 Å². The minimum Gasteiger partial charge on any atom is -0.464 e. The van der Waals surface area contributed by atoms with E-state index >= 15 is 0 Å². The molecule has 0 radical (unpaired) electrons. The second kappa shape index (κ2) is 9.17. The summed E-state index contributed by atoms with van der Waals surface area (Å²) >= 11 is 0. The molecule has 2 amide bonds. The van der Waals surface area contributed by atoms with E-state index in [4.69, 9.17) is 4.42 Å². The number of fused-ring (bicyclic) bond motifs is 1. The van der Waals surface area contributed by atoms with Crippen LogP contribution in [0.15, 0.2) is 47.1 Å². The number of hydrogen-bond donors (Lipinski definition) is 1. The summed E-state index contributed by atoms with van der Waals surface area (Å²) in [5, 5.41) is 3.92. The van der Waals surface area contributed by atoms with Gasteiger partial charge in [0.05, 0.1) is 23.9 Å². The van der Waals surface area contributed by atoms with E-state index < -0.39 is 0 Å². The van der Waals surface area contributed by atoms with Gasteiger partial charge in [0, 0.05) is 37.1 Å². The molecule has 1 aliphatic rings. The summed E-state index contributed by atoms with van der Waals surface area (Å²) in [6.45, 7) is 9.49. The van der Waals surface area contributed by atoms with Crippen LogP contribution in [-0.4, -0.2) is 54.8 Å². The molecule has 168 valence electrons. The molecule has 0 atom stereocenters. The quantitative estimate of drug-likeness (QED) is 0.646. The van der Waals surface area contributed by atoms with Crippen molar-refractivity contribution >= 4 is 28.5 Å². The first-order valence-corrected chi connectivity index (χ1v) is 11.2. The van der Waals surface area contributed by atoms with Crippen LogP contribution in [0.2, 0.25) is 0 Å². The fourth-order valence-electron chi connectivity index (χ4n) is 4.33. The van der Waals surface area contributed by atoms with Crippen LogP contribution in [0.4, 0.5) is 5.69 Å². The Morgan fingerprint density at radius 2 is 1.81 bits per heavy atom. The molecular formula is C26H31N3O3. The third-order valence-corrected chi connectivity index (χ3v) is 6.24. The Morgan fingerprint density at radius 1 is 1.09 bits per heavy atom. The van der Waals surface area contributed by atoms with Gasteiger partial charge in [0.15, 0.2) is 0 Å². The summed E-state index contributed by atoms with van der Waals surface area (Å²) in [5.41, 5.74) is 5.16. The monoisotopic (exact) mass is 433 g/mol. The lowest BCUT2D eigenvalue weighted by molar-refractivity contribution is -0.115. The molecule has 1 aliphatic heterocycles. The molecule has 1 N–H and O–H groups in total. The molecule has 0 aliphatic carbocycles. The van der Waals surface area contributed by atoms with Gasteiger partial charge >= 0.3 is 0 Å². The lowest BCUT2D eigenvalue weighted by atomic mass is 9.95. The third kappa shape index (κ3) is 4.55. The van der Waals surface area contributed by atoms with Crippen LogP contribution in [-0.2, 0) is 11.2 Å². The fraction of sp³-hybridized carbons (Fsp3) is 0.385. The summed E-state index contributed by atoms with van der Waals surface area (Å²) < 4.78 is 5.72. The SMILES string of the molecule is Cc1cc2occ(CC(=O)Nc3ccccc3C(=O)N3CCN(C)CC3)c2cc1C(C)C. The van der Waals surface area contributed by atoms with Crippen LogP contribution in [0, 0.1) is 6.92 Å². The molecule has 0 spiro atoms. The number of furan rings is 1. The smallest absolute Gasteiger partial charge is 0.256 e. The lowest BCUT2D eigenvalue weighted by Crippen LogP contribution is -2.47. The number of benzene rings is 2. The predicted molar refractivity (Wildman–Crippen MR) is 127 cm³/mol. The van der Waals surface area contributed by atoms with E-state index in [1.165, 1.54) is 11.1 Å². The zero-order chi connectivity index (χ0) is 22.8. The molecule has 1 fully saturated rings. The Hall–Kier alpha value is -3.12. The maximum Gasteiger partial charge on any atom is 0.256 e. The highest BCUT2D eigenvalue weighted by atomic mass is 16.3. The number of nitrogens with zero attached hydrogens (tertiary/aromatic N) is 2. The van der Waals surface area contributed by atoms with Crippen molar-refractivity contribution in [1.82, 2.24) is 9.80 Å². The summed E-state index contributed by atoms with van der Waals surface area (Å²) in [7, 11) is 2.06. The van der Waals surface area contributed by atoms with Crippen LogP contribution >= 0.6 is 0 Å². The first-order chi connectivity index (χ1) is 15.3. The average molecular weight is 434 g/mol. The highest BCUT2D eigenvalue weighted by Crippen LogP contribution is 2.29. The van der Waals surface area contributed by atoms with E-state index in [0.717, 1.165) is 29.6 Å². The summed E-state index contributed by atoms with van der Waals surface area (Å²) in [6, 6.07) is 11.4. The summed E-state index contributed by atoms with van der Waals surface area (Å²) in [4.78, 5) is 30.1. The van der Waals surface area contributed by atoms with Gasteiger partial charge in [0.1, 0.15) is 5.58 Å². The van der Waals surface area contributed by atoms with Gasteiger partial charge in [-0.05, 0) is 55.3 Å². The molecule has 0 unspecified atom stereocenters. The Labute approximate surface area is 189 Å². The van der Waals surface area contributed by atoms with Crippen molar-refractivity contribution < 1.29 is 14.0 Å². The highest BCUT2D eigenvalue weighted by molar-refractivity contribution is 6.04. The standard InChI is InChI=1S/C26H31N3O3/c1-17(2)21-15-22-19(16-32-24(22)13-18(21)3)14-25(30)27-23-8-6-5-7-20(23)26(31)29-11-9-28(4)10-12-29/h5-8,13,15-17H,9-12,14H2,1-4H3,(H,27,30). The molecule has 2 aromatic carbocycles. The van der Waals surface area contributed by atoms with Crippen molar-refractivity contribution in [2.24, 2.45) is 0 Å². The molecule has 0 saturated carbocycles. The maximum atomic E-state index is 13.1. The highest BCUT2D eigenvalue weighted by Gasteiger charge is 2.23. The van der Waals surface area contributed by atoms with Crippen molar-refractivity contribution in [3.63, 3.8) is 0 Å². The van der Waals surface area contributed by atoms with Crippen molar-refractivity contribution in [2.45, 2.75) is 33.1 Å². The van der Waals surface area contributed by atoms with E-state index in [1.807, 2.05) is 23.1 Å². The molecule has 1 saturated heterocycles. The summed E-state index contributed by atoms with van der Waals surface area (Å²) in [5.74, 6) is 0.182. The molecule has 0 bridgehead atoms. The topological polar surface area (TPSA) is 65.8 Å². The Morgan fingerprint density at radius 3 is 2.53 bits per heavy atom. The minimum absolute atomic E-state index is 0.0418. The number of likely N-dealkylation sites (N-methyl/N-ethyl adjacent to an activating group) is 1. The molecule has 2 heterocycles. The van der Waals surface area contributed by atoms with Gasteiger partial charge < -0.3 is 19.5 Å². The number of amides is 2. The zero-order valence-electron chi connectivity index (χ0n) is 19.3. The predicted octanol–water partition coefficient (Wildman–Crippen LogP) is 4.43. The number of rotatable bonds is 5. The Balaban J connectivity index is 1.52. The van der Waals surface area contributed by atoms with Crippen molar-refractivity contribution in [2.75, 3.05) is 38.5 Å². The molecule has 1 aromatic heterocycles. The van der Waals surface area contributed by atoms with Gasteiger partial charge in [-0.2, -0.15) is 0 Å². The van der Waals surface area contributed by atoms with Crippen LogP contribution < -0.4 is 5.32 Å². The Kier molecular flexibility index (Phi) is 6.33. The van der Waals surface area contributed by atoms with Gasteiger partial charge in [-0.25, -0.2) is 0 Å². The zero-order valence-corrected chi connectivity index (χ0v) is 19.3. The second-order valence-electron chi connectivity index (χ2n) is 8.99. The number of para-hydroxylation sites is 1. The second-order valence-corrected chi connectivity index (χ2v) is 8.99. The largest absolute Gasteiger partial charge is 0.464 e. The van der Waals surface area contributed by atoms with E-state index in [0.29, 0.717) is 30.3 Å². The van der Waals surface area contributed by atoms with Gasteiger partial charge in [0.2, 0.25) is 5.91 Å². The number of hydrogen-bond acceptors (Lipinski definition) is 4. The number of carbonyl (C=O) groups is 2. The fourth-order valence-corrected chi connectivity index (χ4v) is 4.33. The van der Waals surface area contributed by atoms with Crippen molar-refractivity contribution in [3.8, 4) is 0 Å². The molecule has 6 heteroatoms. The molecule has 3 aromatic rings. The number of carbonyl (C=O) groups excluding carboxylic acids is 2. The van der Waals surface area contributed by atoms with Crippen LogP contribution in [0.3, 0.4) is 0 Å². The Bertz CT molecular complexity index is 1140. The van der Waals surface area contributed by atoms with E-state index in [2.05, 4.69) is 44.1 Å². The minimum atomic E-state index is -0.169. The summed E-state index contributed by atoms with van der Waals surface area (Å²) in [6.07, 6.45) is 1.85. The number of nitrogens with one attached hydrogen (secondary N) is 1. The van der Waals surface area contributed by atoms with Crippen LogP contribution in [0.1, 0.15) is 46.8 Å². The van der Waals surface area contributed by atoms with E-state index in [9.17, 15) is 9.59 Å². The van der Waals surface area contributed by atoms with Crippen molar-refractivity contribution in [1.29, 1.82) is 0 Å². The average Bonchev–Trinajstić information content (AvgIpc) is 3.14. The van der Waals surface area contributed by atoms with Gasteiger partial charge in [0.25, 0.3) is 5.91 Å². The maximum absolute atomic E-state index is 13.1. The normalized spacial score (nSPS) is 14.8. The number of piperazine rings is 1. The van der Waals surface area contributed by atoms with Crippen LogP contribution in [0.25, 0.3) is 11.0 Å².